The van der Waals surface area contributed by atoms with E-state index in [9.17, 15) is 0 Å². The largest absolute Gasteiger partial charge is 0.327 e. The first-order valence-corrected chi connectivity index (χ1v) is 6.99. The van der Waals surface area contributed by atoms with Crippen LogP contribution in [0.3, 0.4) is 0 Å². The monoisotopic (exact) mass is 243 g/mol. The van der Waals surface area contributed by atoms with Crippen LogP contribution in [-0.2, 0) is 13.0 Å². The molecule has 1 saturated carbocycles. The van der Waals surface area contributed by atoms with Crippen LogP contribution in [0.4, 0.5) is 0 Å². The van der Waals surface area contributed by atoms with Crippen molar-refractivity contribution in [3.63, 3.8) is 0 Å². The highest BCUT2D eigenvalue weighted by Gasteiger charge is 2.25. The summed E-state index contributed by atoms with van der Waals surface area (Å²) in [5.74, 6) is 0.718. The smallest absolute Gasteiger partial charge is 0.0718 e. The predicted octanol–water partition coefficient (Wildman–Crippen LogP) is 2.73. The molecule has 0 spiro atoms. The average Bonchev–Trinajstić information content (AvgIpc) is 2.66. The summed E-state index contributed by atoms with van der Waals surface area (Å²) in [5.41, 5.74) is 8.71. The Bertz CT molecular complexity index is 540. The molecule has 3 nitrogen and oxygen atoms in total. The number of hydrogen-bond donors (Lipinski definition) is 1. The number of aryl methyl sites for hydroxylation is 1. The molecule has 1 aliphatic rings. The number of nitrogens with zero attached hydrogens (tertiary/aromatic N) is 2. The molecule has 0 bridgehead atoms. The van der Waals surface area contributed by atoms with Crippen molar-refractivity contribution in [2.24, 2.45) is 11.7 Å². The topological polar surface area (TPSA) is 43.8 Å². The van der Waals surface area contributed by atoms with Gasteiger partial charge in [0.15, 0.2) is 0 Å². The predicted molar refractivity (Wildman–Crippen MR) is 74.4 cm³/mol. The Hall–Kier alpha value is -1.35. The van der Waals surface area contributed by atoms with Crippen LogP contribution < -0.4 is 5.73 Å². The number of para-hydroxylation sites is 1. The maximum atomic E-state index is 6.30. The summed E-state index contributed by atoms with van der Waals surface area (Å²) in [4.78, 5) is 0. The van der Waals surface area contributed by atoms with E-state index < -0.39 is 0 Å². The second-order valence-electron chi connectivity index (χ2n) is 5.34. The molecule has 0 radical (unpaired) electrons. The van der Waals surface area contributed by atoms with Crippen LogP contribution in [0.5, 0.6) is 0 Å². The molecule has 1 fully saturated rings. The molecule has 0 aliphatic heterocycles. The maximum Gasteiger partial charge on any atom is 0.0718 e. The third-order valence-corrected chi connectivity index (χ3v) is 4.22. The number of fused-ring (bicyclic) bond motifs is 1. The molecule has 2 N–H and O–H groups in total. The Morgan fingerprint density at radius 2 is 2.17 bits per heavy atom. The first-order valence-electron chi connectivity index (χ1n) is 6.99. The van der Waals surface area contributed by atoms with Gasteiger partial charge >= 0.3 is 0 Å². The van der Waals surface area contributed by atoms with E-state index in [1.54, 1.807) is 0 Å². The van der Waals surface area contributed by atoms with E-state index in [1.807, 2.05) is 0 Å². The van der Waals surface area contributed by atoms with Gasteiger partial charge in [-0.25, -0.2) is 0 Å². The summed E-state index contributed by atoms with van der Waals surface area (Å²) < 4.78 is 2.08. The van der Waals surface area contributed by atoms with Crippen molar-refractivity contribution in [2.75, 3.05) is 0 Å². The molecule has 3 heteroatoms. The fraction of sp³-hybridized carbons (Fsp3) is 0.533. The van der Waals surface area contributed by atoms with Crippen LogP contribution in [0, 0.1) is 5.92 Å². The lowest BCUT2D eigenvalue weighted by Gasteiger charge is -2.30. The third-order valence-electron chi connectivity index (χ3n) is 4.22. The Morgan fingerprint density at radius 3 is 2.83 bits per heavy atom. The number of benzene rings is 1. The molecule has 1 aliphatic carbocycles. The lowest BCUT2D eigenvalue weighted by molar-refractivity contribution is 0.259. The molecule has 3 rings (SSSR count). The average molecular weight is 243 g/mol. The minimum absolute atomic E-state index is 0.280. The molecule has 96 valence electrons. The van der Waals surface area contributed by atoms with E-state index in [2.05, 4.69) is 35.9 Å². The van der Waals surface area contributed by atoms with Gasteiger partial charge in [-0.15, -0.1) is 0 Å². The summed E-state index contributed by atoms with van der Waals surface area (Å²) in [5, 5.41) is 6.00. The molecule has 1 aromatic carbocycles. The summed E-state index contributed by atoms with van der Waals surface area (Å²) in [6.07, 6.45) is 4.86. The molecular weight excluding hydrogens is 222 g/mol. The van der Waals surface area contributed by atoms with Gasteiger partial charge in [-0.3, -0.25) is 4.68 Å². The van der Waals surface area contributed by atoms with Gasteiger partial charge in [0.1, 0.15) is 0 Å². The van der Waals surface area contributed by atoms with Gasteiger partial charge in [0.25, 0.3) is 0 Å². The lowest BCUT2D eigenvalue weighted by atomic mass is 9.78. The minimum Gasteiger partial charge on any atom is -0.327 e. The van der Waals surface area contributed by atoms with E-state index in [1.165, 1.54) is 35.9 Å². The van der Waals surface area contributed by atoms with Crippen LogP contribution in [0.25, 0.3) is 10.9 Å². The molecule has 1 heterocycles. The van der Waals surface area contributed by atoms with E-state index >= 15 is 0 Å². The van der Waals surface area contributed by atoms with E-state index in [0.717, 1.165) is 18.9 Å². The minimum atomic E-state index is 0.280. The fourth-order valence-corrected chi connectivity index (χ4v) is 2.85. The molecule has 0 saturated heterocycles. The number of aromatic nitrogens is 2. The van der Waals surface area contributed by atoms with Gasteiger partial charge < -0.3 is 5.73 Å². The summed E-state index contributed by atoms with van der Waals surface area (Å²) in [7, 11) is 0. The van der Waals surface area contributed by atoms with Gasteiger partial charge in [-0.1, -0.05) is 24.6 Å². The van der Waals surface area contributed by atoms with Gasteiger partial charge in [0.2, 0.25) is 0 Å². The zero-order valence-electron chi connectivity index (χ0n) is 11.0. The molecule has 1 aromatic heterocycles. The highest BCUT2D eigenvalue weighted by molar-refractivity contribution is 5.82. The standard InChI is InChI=1S/C15H21N3/c1-2-18-15-9-4-3-8-12(15)14(17-18)10-13(16)11-6-5-7-11/h3-4,8-9,11,13H,2,5-7,10,16H2,1H3. The highest BCUT2D eigenvalue weighted by atomic mass is 15.3. The molecule has 0 amide bonds. The van der Waals surface area contributed by atoms with Crippen molar-refractivity contribution >= 4 is 10.9 Å². The van der Waals surface area contributed by atoms with Gasteiger partial charge in [0.05, 0.1) is 11.2 Å². The SMILES string of the molecule is CCn1nc(CC(N)C2CCC2)c2ccccc21. The number of rotatable bonds is 4. The Balaban J connectivity index is 1.91. The first kappa shape index (κ1) is 11.7. The van der Waals surface area contributed by atoms with Crippen molar-refractivity contribution in [3.8, 4) is 0 Å². The highest BCUT2D eigenvalue weighted by Crippen LogP contribution is 2.31. The van der Waals surface area contributed by atoms with Crippen molar-refractivity contribution in [2.45, 2.75) is 45.2 Å². The quantitative estimate of drug-likeness (QED) is 0.897. The second-order valence-corrected chi connectivity index (χ2v) is 5.34. The van der Waals surface area contributed by atoms with Crippen LogP contribution in [0.1, 0.15) is 31.9 Å². The van der Waals surface area contributed by atoms with Crippen molar-refractivity contribution in [1.29, 1.82) is 0 Å². The van der Waals surface area contributed by atoms with Gasteiger partial charge in [-0.2, -0.15) is 5.10 Å². The Morgan fingerprint density at radius 1 is 1.39 bits per heavy atom. The van der Waals surface area contributed by atoms with Crippen molar-refractivity contribution in [1.82, 2.24) is 9.78 Å². The molecule has 1 unspecified atom stereocenters. The van der Waals surface area contributed by atoms with E-state index in [-0.39, 0.29) is 6.04 Å². The molecule has 18 heavy (non-hydrogen) atoms. The van der Waals surface area contributed by atoms with Crippen molar-refractivity contribution < 1.29 is 0 Å². The normalized spacial score (nSPS) is 17.9. The fourth-order valence-electron chi connectivity index (χ4n) is 2.85. The zero-order chi connectivity index (χ0) is 12.5. The number of nitrogens with two attached hydrogens (primary N) is 1. The number of hydrogen-bond acceptors (Lipinski definition) is 2. The summed E-state index contributed by atoms with van der Waals surface area (Å²) in [6.45, 7) is 3.05. The second kappa shape index (κ2) is 4.73. The zero-order valence-corrected chi connectivity index (χ0v) is 11.0. The van der Waals surface area contributed by atoms with Crippen molar-refractivity contribution in [3.05, 3.63) is 30.0 Å². The third kappa shape index (κ3) is 1.93. The first-order chi connectivity index (χ1) is 8.79. The Labute approximate surface area is 108 Å². The lowest BCUT2D eigenvalue weighted by Crippen LogP contribution is -2.36. The van der Waals surface area contributed by atoms with Crippen LogP contribution in [0.15, 0.2) is 24.3 Å². The van der Waals surface area contributed by atoms with Crippen LogP contribution >= 0.6 is 0 Å². The van der Waals surface area contributed by atoms with Gasteiger partial charge in [-0.05, 0) is 31.7 Å². The molecule has 1 atom stereocenters. The maximum absolute atomic E-state index is 6.30. The van der Waals surface area contributed by atoms with E-state index in [0.29, 0.717) is 0 Å². The van der Waals surface area contributed by atoms with Gasteiger partial charge in [0, 0.05) is 24.4 Å². The summed E-state index contributed by atoms with van der Waals surface area (Å²) >= 11 is 0. The Kier molecular flexibility index (Phi) is 3.08. The summed E-state index contributed by atoms with van der Waals surface area (Å²) in [6, 6.07) is 8.75. The van der Waals surface area contributed by atoms with Crippen LogP contribution in [-0.4, -0.2) is 15.8 Å². The molecule has 2 aromatic rings. The van der Waals surface area contributed by atoms with Crippen LogP contribution in [0.2, 0.25) is 0 Å². The van der Waals surface area contributed by atoms with E-state index in [4.69, 9.17) is 10.8 Å². The molecular formula is C15H21N3.